The van der Waals surface area contributed by atoms with Gasteiger partial charge in [-0.25, -0.2) is 13.4 Å². The van der Waals surface area contributed by atoms with E-state index in [4.69, 9.17) is 9.47 Å². The van der Waals surface area contributed by atoms with Crippen molar-refractivity contribution in [2.45, 2.75) is 37.5 Å². The first kappa shape index (κ1) is 19.1. The first-order valence-electron chi connectivity index (χ1n) is 8.53. The molecule has 1 aromatic carbocycles. The Kier molecular flexibility index (Phi) is 5.55. The van der Waals surface area contributed by atoms with Crippen LogP contribution in [0, 0.1) is 13.8 Å². The number of rotatable bonds is 5. The van der Waals surface area contributed by atoms with E-state index in [2.05, 4.69) is 11.9 Å². The number of aryl methyl sites for hydroxylation is 2. The molecule has 0 aliphatic carbocycles. The number of sulfonamides is 1. The molecule has 6 nitrogen and oxygen atoms in total. The molecule has 0 N–H and O–H groups in total. The molecule has 0 saturated carbocycles. The van der Waals surface area contributed by atoms with Gasteiger partial charge in [-0.2, -0.15) is 4.31 Å². The lowest BCUT2D eigenvalue weighted by Gasteiger charge is -2.30. The zero-order valence-electron chi connectivity index (χ0n) is 15.5. The molecular weight excluding hydrogens is 372 g/mol. The van der Waals surface area contributed by atoms with Crippen molar-refractivity contribution in [3.63, 3.8) is 0 Å². The van der Waals surface area contributed by atoms with Gasteiger partial charge in [-0.05, 0) is 38.8 Å². The zero-order valence-corrected chi connectivity index (χ0v) is 17.1. The summed E-state index contributed by atoms with van der Waals surface area (Å²) < 4.78 is 38.1. The number of hydrogen-bond donors (Lipinski definition) is 0. The van der Waals surface area contributed by atoms with E-state index in [1.165, 1.54) is 19.1 Å². The summed E-state index contributed by atoms with van der Waals surface area (Å²) in [6, 6.07) is 4.79. The highest BCUT2D eigenvalue weighted by Gasteiger charge is 2.33. The average molecular weight is 397 g/mol. The number of methoxy groups -OCH3 is 2. The zero-order chi connectivity index (χ0) is 18.9. The molecule has 26 heavy (non-hydrogen) atoms. The molecule has 1 saturated heterocycles. The second-order valence-electron chi connectivity index (χ2n) is 6.39. The number of aromatic nitrogens is 1. The smallest absolute Gasteiger partial charge is 0.246 e. The van der Waals surface area contributed by atoms with Crippen molar-refractivity contribution in [1.82, 2.24) is 9.29 Å². The van der Waals surface area contributed by atoms with Crippen LogP contribution < -0.4 is 9.47 Å². The van der Waals surface area contributed by atoms with Crippen LogP contribution in [0.1, 0.15) is 34.3 Å². The Bertz CT molecular complexity index is 865. The van der Waals surface area contributed by atoms with Crippen LogP contribution in [0.25, 0.3) is 0 Å². The second-order valence-corrected chi connectivity index (χ2v) is 9.53. The Morgan fingerprint density at radius 2 is 1.85 bits per heavy atom. The fourth-order valence-electron chi connectivity index (χ4n) is 3.14. The molecule has 1 aliphatic rings. The van der Waals surface area contributed by atoms with Gasteiger partial charge in [0.1, 0.15) is 16.4 Å². The van der Waals surface area contributed by atoms with Gasteiger partial charge in [0.15, 0.2) is 0 Å². The minimum Gasteiger partial charge on any atom is -0.497 e. The largest absolute Gasteiger partial charge is 0.497 e. The third kappa shape index (κ3) is 3.58. The van der Waals surface area contributed by atoms with Gasteiger partial charge in [-0.15, -0.1) is 11.3 Å². The Balaban J connectivity index is 1.78. The molecule has 0 unspecified atom stereocenters. The van der Waals surface area contributed by atoms with Crippen molar-refractivity contribution in [1.29, 1.82) is 0 Å². The molecule has 3 rings (SSSR count). The van der Waals surface area contributed by atoms with Crippen molar-refractivity contribution in [3.8, 4) is 11.5 Å². The van der Waals surface area contributed by atoms with Crippen LogP contribution in [0.4, 0.5) is 0 Å². The summed E-state index contributed by atoms with van der Waals surface area (Å²) in [5.74, 6) is 1.20. The molecule has 2 aromatic rings. The van der Waals surface area contributed by atoms with Crippen LogP contribution in [-0.4, -0.2) is 45.0 Å². The first-order valence-corrected chi connectivity index (χ1v) is 10.8. The van der Waals surface area contributed by atoms with Crippen LogP contribution in [0.15, 0.2) is 23.1 Å². The highest BCUT2D eigenvalue weighted by Crippen LogP contribution is 2.36. The van der Waals surface area contributed by atoms with Crippen molar-refractivity contribution >= 4 is 21.4 Å². The van der Waals surface area contributed by atoms with E-state index in [0.717, 1.165) is 23.5 Å². The van der Waals surface area contributed by atoms with Crippen LogP contribution >= 0.6 is 11.3 Å². The van der Waals surface area contributed by atoms with E-state index in [-0.39, 0.29) is 4.90 Å². The van der Waals surface area contributed by atoms with Crippen LogP contribution in [0.3, 0.4) is 0 Å². The highest BCUT2D eigenvalue weighted by molar-refractivity contribution is 7.89. The quantitative estimate of drug-likeness (QED) is 0.775. The van der Waals surface area contributed by atoms with Crippen LogP contribution in [-0.2, 0) is 10.0 Å². The Morgan fingerprint density at radius 3 is 2.38 bits per heavy atom. The number of nitrogens with zero attached hydrogens (tertiary/aromatic N) is 2. The van der Waals surface area contributed by atoms with Crippen molar-refractivity contribution in [3.05, 3.63) is 33.8 Å². The maximum atomic E-state index is 13.1. The van der Waals surface area contributed by atoms with Crippen LogP contribution in [0.5, 0.6) is 11.5 Å². The summed E-state index contributed by atoms with van der Waals surface area (Å²) >= 11 is 1.72. The number of ether oxygens (including phenoxy) is 2. The monoisotopic (exact) mass is 396 g/mol. The fraction of sp³-hybridized carbons (Fsp3) is 0.500. The van der Waals surface area contributed by atoms with E-state index < -0.39 is 10.0 Å². The lowest BCUT2D eigenvalue weighted by molar-refractivity contribution is 0.316. The third-order valence-electron chi connectivity index (χ3n) is 4.84. The fourth-order valence-corrected chi connectivity index (χ4v) is 5.84. The maximum Gasteiger partial charge on any atom is 0.246 e. The summed E-state index contributed by atoms with van der Waals surface area (Å²) in [5, 5.41) is 1.12. The molecule has 1 fully saturated rings. The van der Waals surface area contributed by atoms with Crippen molar-refractivity contribution < 1.29 is 17.9 Å². The van der Waals surface area contributed by atoms with Crippen molar-refractivity contribution in [2.75, 3.05) is 27.3 Å². The van der Waals surface area contributed by atoms with E-state index in [9.17, 15) is 8.42 Å². The second kappa shape index (κ2) is 7.54. The lowest BCUT2D eigenvalue weighted by Crippen LogP contribution is -2.38. The first-order chi connectivity index (χ1) is 12.4. The molecule has 8 heteroatoms. The minimum absolute atomic E-state index is 0.181. The van der Waals surface area contributed by atoms with Gasteiger partial charge in [0.2, 0.25) is 10.0 Å². The van der Waals surface area contributed by atoms with E-state index in [0.29, 0.717) is 30.5 Å². The van der Waals surface area contributed by atoms with Crippen molar-refractivity contribution in [2.24, 2.45) is 0 Å². The summed E-state index contributed by atoms with van der Waals surface area (Å²) in [7, 11) is -0.600. The molecule has 0 amide bonds. The van der Waals surface area contributed by atoms with E-state index >= 15 is 0 Å². The number of hydrogen-bond acceptors (Lipinski definition) is 6. The molecule has 1 aliphatic heterocycles. The van der Waals surface area contributed by atoms with Gasteiger partial charge in [0.25, 0.3) is 0 Å². The maximum absolute atomic E-state index is 13.1. The summed E-state index contributed by atoms with van der Waals surface area (Å²) in [4.78, 5) is 6.06. The van der Waals surface area contributed by atoms with Crippen LogP contribution in [0.2, 0.25) is 0 Å². The molecule has 2 heterocycles. The summed E-state index contributed by atoms with van der Waals surface area (Å²) in [6.07, 6.45) is 1.56. The topological polar surface area (TPSA) is 68.7 Å². The number of piperidine rings is 1. The molecule has 1 aromatic heterocycles. The third-order valence-corrected chi connectivity index (χ3v) is 8.01. The predicted octanol–water partition coefficient (Wildman–Crippen LogP) is 3.35. The molecule has 0 atom stereocenters. The normalized spacial score (nSPS) is 16.6. The van der Waals surface area contributed by atoms with Gasteiger partial charge >= 0.3 is 0 Å². The molecule has 0 spiro atoms. The summed E-state index contributed by atoms with van der Waals surface area (Å²) in [6.45, 7) is 5.07. The highest BCUT2D eigenvalue weighted by atomic mass is 32.2. The van der Waals surface area contributed by atoms with E-state index in [1.807, 2.05) is 6.92 Å². The van der Waals surface area contributed by atoms with Gasteiger partial charge in [0, 0.05) is 30.0 Å². The van der Waals surface area contributed by atoms with Gasteiger partial charge in [-0.1, -0.05) is 0 Å². The minimum atomic E-state index is -3.60. The molecule has 0 radical (unpaired) electrons. The Labute approximate surface area is 158 Å². The molecular formula is C18H24N2O4S2. The van der Waals surface area contributed by atoms with E-state index in [1.54, 1.807) is 33.8 Å². The van der Waals surface area contributed by atoms with Gasteiger partial charge in [-0.3, -0.25) is 0 Å². The Hall–Kier alpha value is -1.64. The number of benzene rings is 1. The number of thiazole rings is 1. The lowest BCUT2D eigenvalue weighted by atomic mass is 9.99. The van der Waals surface area contributed by atoms with Gasteiger partial charge in [0.05, 0.1) is 24.9 Å². The molecule has 142 valence electrons. The Morgan fingerprint density at radius 1 is 1.15 bits per heavy atom. The predicted molar refractivity (Wildman–Crippen MR) is 102 cm³/mol. The SMILES string of the molecule is COc1ccc(S(=O)(=O)N2CCC(c3nc(C)c(C)s3)CC2)c(OC)c1. The molecule has 0 bridgehead atoms. The standard InChI is InChI=1S/C18H24N2O4S2/c1-12-13(2)25-18(19-12)14-7-9-20(10-8-14)26(21,22)17-6-5-15(23-3)11-16(17)24-4/h5-6,11,14H,7-10H2,1-4H3. The average Bonchev–Trinajstić information content (AvgIpc) is 3.00. The van der Waals surface area contributed by atoms with Gasteiger partial charge < -0.3 is 9.47 Å². The summed E-state index contributed by atoms with van der Waals surface area (Å²) in [5.41, 5.74) is 1.07.